The number of hydrogen-bond donors (Lipinski definition) is 1. The SMILES string of the molecule is Cc1cc2ncnc(N3CCN(Cc4cc(F)ccc4F)C(=O)C3)c2[nH]1. The predicted octanol–water partition coefficient (Wildman–Crippen LogP) is 2.39. The quantitative estimate of drug-likeness (QED) is 0.782. The van der Waals surface area contributed by atoms with Gasteiger partial charge in [0.15, 0.2) is 5.82 Å². The summed E-state index contributed by atoms with van der Waals surface area (Å²) in [6, 6.07) is 5.20. The number of rotatable bonds is 3. The van der Waals surface area contributed by atoms with E-state index in [4.69, 9.17) is 0 Å². The molecule has 0 atom stereocenters. The first kappa shape index (κ1) is 16.4. The number of halogens is 2. The van der Waals surface area contributed by atoms with Crippen LogP contribution in [0.15, 0.2) is 30.6 Å². The van der Waals surface area contributed by atoms with Crippen molar-refractivity contribution in [2.45, 2.75) is 13.5 Å². The molecule has 1 aromatic carbocycles. The molecule has 134 valence electrons. The maximum atomic E-state index is 13.8. The highest BCUT2D eigenvalue weighted by atomic mass is 19.1. The van der Waals surface area contributed by atoms with Gasteiger partial charge in [0, 0.05) is 30.9 Å². The van der Waals surface area contributed by atoms with E-state index in [1.807, 2.05) is 17.9 Å². The molecule has 0 bridgehead atoms. The van der Waals surface area contributed by atoms with Crippen molar-refractivity contribution in [3.8, 4) is 0 Å². The zero-order valence-corrected chi connectivity index (χ0v) is 14.2. The first-order valence-corrected chi connectivity index (χ1v) is 8.28. The largest absolute Gasteiger partial charge is 0.354 e. The number of piperazine rings is 1. The summed E-state index contributed by atoms with van der Waals surface area (Å²) in [6.45, 7) is 3.06. The number of aromatic amines is 1. The highest BCUT2D eigenvalue weighted by molar-refractivity contribution is 5.90. The standard InChI is InChI=1S/C18H17F2N5O/c1-11-6-15-17(23-11)18(22-10-21-15)25-5-4-24(16(26)9-25)8-12-7-13(19)2-3-14(12)20/h2-3,6-7,10,23H,4-5,8-9H2,1H3. The summed E-state index contributed by atoms with van der Waals surface area (Å²) in [5.74, 6) is -0.512. The number of hydrogen-bond acceptors (Lipinski definition) is 4. The molecule has 0 spiro atoms. The molecule has 1 aliphatic heterocycles. The molecule has 6 nitrogen and oxygen atoms in total. The van der Waals surface area contributed by atoms with Crippen molar-refractivity contribution in [3.63, 3.8) is 0 Å². The molecule has 0 saturated carbocycles. The Hall–Kier alpha value is -3.03. The average molecular weight is 357 g/mol. The minimum absolute atomic E-state index is 0.0526. The Morgan fingerprint density at radius 3 is 2.85 bits per heavy atom. The van der Waals surface area contributed by atoms with Crippen molar-refractivity contribution in [2.75, 3.05) is 24.5 Å². The first-order valence-electron chi connectivity index (χ1n) is 8.28. The summed E-state index contributed by atoms with van der Waals surface area (Å²) in [5, 5.41) is 0. The smallest absolute Gasteiger partial charge is 0.242 e. The molecule has 26 heavy (non-hydrogen) atoms. The molecule has 8 heteroatoms. The van der Waals surface area contributed by atoms with Gasteiger partial charge in [-0.2, -0.15) is 0 Å². The fourth-order valence-corrected chi connectivity index (χ4v) is 3.22. The Labute approximate surface area is 148 Å². The zero-order valence-electron chi connectivity index (χ0n) is 14.2. The number of aromatic nitrogens is 3. The second kappa shape index (κ2) is 6.36. The van der Waals surface area contributed by atoms with Gasteiger partial charge in [-0.1, -0.05) is 0 Å². The number of amides is 1. The van der Waals surface area contributed by atoms with Gasteiger partial charge >= 0.3 is 0 Å². The van der Waals surface area contributed by atoms with E-state index in [0.717, 1.165) is 34.9 Å². The molecule has 0 aliphatic carbocycles. The molecule has 4 rings (SSSR count). The third kappa shape index (κ3) is 2.98. The molecule has 1 aliphatic rings. The molecular weight excluding hydrogens is 340 g/mol. The van der Waals surface area contributed by atoms with Gasteiger partial charge in [-0.3, -0.25) is 4.79 Å². The molecule has 0 radical (unpaired) electrons. The number of nitrogens with zero attached hydrogens (tertiary/aromatic N) is 4. The number of anilines is 1. The van der Waals surface area contributed by atoms with Crippen LogP contribution in [-0.2, 0) is 11.3 Å². The van der Waals surface area contributed by atoms with Crippen LogP contribution >= 0.6 is 0 Å². The van der Waals surface area contributed by atoms with E-state index in [1.165, 1.54) is 11.2 Å². The van der Waals surface area contributed by atoms with E-state index >= 15 is 0 Å². The average Bonchev–Trinajstić information content (AvgIpc) is 3.00. The van der Waals surface area contributed by atoms with Crippen LogP contribution in [0.3, 0.4) is 0 Å². The lowest BCUT2D eigenvalue weighted by atomic mass is 10.1. The zero-order chi connectivity index (χ0) is 18.3. The van der Waals surface area contributed by atoms with E-state index in [-0.39, 0.29) is 24.6 Å². The van der Waals surface area contributed by atoms with Crippen molar-refractivity contribution in [1.82, 2.24) is 19.9 Å². The number of aryl methyl sites for hydroxylation is 1. The van der Waals surface area contributed by atoms with E-state index in [2.05, 4.69) is 15.0 Å². The van der Waals surface area contributed by atoms with Gasteiger partial charge in [-0.15, -0.1) is 0 Å². The minimum atomic E-state index is -0.516. The van der Waals surface area contributed by atoms with Gasteiger partial charge in [-0.25, -0.2) is 18.7 Å². The van der Waals surface area contributed by atoms with Crippen LogP contribution in [0.1, 0.15) is 11.3 Å². The molecule has 1 N–H and O–H groups in total. The fraction of sp³-hybridized carbons (Fsp3) is 0.278. The van der Waals surface area contributed by atoms with Crippen molar-refractivity contribution in [3.05, 3.63) is 53.5 Å². The number of H-pyrrole nitrogens is 1. The second-order valence-corrected chi connectivity index (χ2v) is 6.38. The molecule has 0 unspecified atom stereocenters. The highest BCUT2D eigenvalue weighted by Crippen LogP contribution is 2.24. The lowest BCUT2D eigenvalue weighted by Crippen LogP contribution is -2.50. The van der Waals surface area contributed by atoms with Crippen molar-refractivity contribution in [1.29, 1.82) is 0 Å². The van der Waals surface area contributed by atoms with E-state index in [0.29, 0.717) is 18.9 Å². The normalized spacial score (nSPS) is 15.1. The Morgan fingerprint density at radius 2 is 2.04 bits per heavy atom. The Kier molecular flexibility index (Phi) is 4.02. The lowest BCUT2D eigenvalue weighted by molar-refractivity contribution is -0.131. The van der Waals surface area contributed by atoms with Crippen molar-refractivity contribution >= 4 is 22.8 Å². The molecule has 3 aromatic rings. The Balaban J connectivity index is 1.53. The molecule has 1 fully saturated rings. The lowest BCUT2D eigenvalue weighted by Gasteiger charge is -2.35. The van der Waals surface area contributed by atoms with Gasteiger partial charge in [0.2, 0.25) is 5.91 Å². The Bertz CT molecular complexity index is 987. The van der Waals surface area contributed by atoms with Gasteiger partial charge in [0.1, 0.15) is 23.5 Å². The van der Waals surface area contributed by atoms with Gasteiger partial charge < -0.3 is 14.8 Å². The fourth-order valence-electron chi connectivity index (χ4n) is 3.22. The number of benzene rings is 1. The van der Waals surface area contributed by atoms with Crippen LogP contribution in [0, 0.1) is 18.6 Å². The van der Waals surface area contributed by atoms with Gasteiger partial charge in [0.25, 0.3) is 0 Å². The van der Waals surface area contributed by atoms with Crippen LogP contribution < -0.4 is 4.90 Å². The first-order chi connectivity index (χ1) is 12.5. The summed E-state index contributed by atoms with van der Waals surface area (Å²) < 4.78 is 27.2. The summed E-state index contributed by atoms with van der Waals surface area (Å²) in [7, 11) is 0. The van der Waals surface area contributed by atoms with Crippen molar-refractivity contribution in [2.24, 2.45) is 0 Å². The number of nitrogens with one attached hydrogen (secondary N) is 1. The number of carbonyl (C=O) groups excluding carboxylic acids is 1. The third-order valence-corrected chi connectivity index (χ3v) is 4.52. The number of fused-ring (bicyclic) bond motifs is 1. The second-order valence-electron chi connectivity index (χ2n) is 6.38. The predicted molar refractivity (Wildman–Crippen MR) is 92.6 cm³/mol. The third-order valence-electron chi connectivity index (χ3n) is 4.52. The summed E-state index contributed by atoms with van der Waals surface area (Å²) in [4.78, 5) is 27.7. The van der Waals surface area contributed by atoms with Crippen LogP contribution in [-0.4, -0.2) is 45.4 Å². The summed E-state index contributed by atoms with van der Waals surface area (Å²) in [6.07, 6.45) is 1.48. The van der Waals surface area contributed by atoms with E-state index in [1.54, 1.807) is 0 Å². The molecule has 3 heterocycles. The molecule has 1 amide bonds. The molecular formula is C18H17F2N5O. The van der Waals surface area contributed by atoms with Crippen LogP contribution in [0.25, 0.3) is 11.0 Å². The Morgan fingerprint density at radius 1 is 1.19 bits per heavy atom. The topological polar surface area (TPSA) is 65.1 Å². The highest BCUT2D eigenvalue weighted by Gasteiger charge is 2.27. The van der Waals surface area contributed by atoms with Crippen LogP contribution in [0.2, 0.25) is 0 Å². The maximum Gasteiger partial charge on any atom is 0.242 e. The van der Waals surface area contributed by atoms with E-state index in [9.17, 15) is 13.6 Å². The van der Waals surface area contributed by atoms with E-state index < -0.39 is 11.6 Å². The minimum Gasteiger partial charge on any atom is -0.354 e. The van der Waals surface area contributed by atoms with Gasteiger partial charge in [-0.05, 0) is 31.2 Å². The van der Waals surface area contributed by atoms with Crippen LogP contribution in [0.4, 0.5) is 14.6 Å². The summed E-state index contributed by atoms with van der Waals surface area (Å²) >= 11 is 0. The monoisotopic (exact) mass is 357 g/mol. The summed E-state index contributed by atoms with van der Waals surface area (Å²) in [5.41, 5.74) is 2.73. The molecule has 2 aromatic heterocycles. The van der Waals surface area contributed by atoms with Crippen molar-refractivity contribution < 1.29 is 13.6 Å². The maximum absolute atomic E-state index is 13.8. The number of carbonyl (C=O) groups is 1. The molecule has 1 saturated heterocycles. The van der Waals surface area contributed by atoms with Crippen LogP contribution in [0.5, 0.6) is 0 Å². The van der Waals surface area contributed by atoms with Gasteiger partial charge in [0.05, 0.1) is 12.1 Å².